The molecule has 2 amide bonds. The molecule has 18 heavy (non-hydrogen) atoms. The predicted molar refractivity (Wildman–Crippen MR) is 67.7 cm³/mol. The number of carbonyl (C=O) groups excluding carboxylic acids is 2. The van der Waals surface area contributed by atoms with Crippen LogP contribution in [-0.4, -0.2) is 40.3 Å². The van der Waals surface area contributed by atoms with Gasteiger partial charge in [0.15, 0.2) is 0 Å². The summed E-state index contributed by atoms with van der Waals surface area (Å²) in [4.78, 5) is 29.0. The van der Waals surface area contributed by atoms with Crippen LogP contribution in [0.1, 0.15) is 18.5 Å². The van der Waals surface area contributed by atoms with E-state index in [1.807, 2.05) is 5.38 Å². The van der Waals surface area contributed by atoms with E-state index < -0.39 is 18.0 Å². The van der Waals surface area contributed by atoms with Crippen molar-refractivity contribution in [2.24, 2.45) is 11.5 Å². The molecular weight excluding hydrogens is 252 g/mol. The first-order valence-corrected chi connectivity index (χ1v) is 6.76. The Balaban J connectivity index is 1.99. The van der Waals surface area contributed by atoms with Crippen LogP contribution in [-0.2, 0) is 16.0 Å². The first kappa shape index (κ1) is 13.0. The van der Waals surface area contributed by atoms with E-state index >= 15 is 0 Å². The maximum atomic E-state index is 12.2. The van der Waals surface area contributed by atoms with Crippen LogP contribution in [0.2, 0.25) is 0 Å². The normalized spacial score (nSPS) is 20.9. The maximum Gasteiger partial charge on any atom is 0.240 e. The molecule has 7 heteroatoms. The van der Waals surface area contributed by atoms with Crippen molar-refractivity contribution in [2.45, 2.75) is 31.3 Å². The van der Waals surface area contributed by atoms with Gasteiger partial charge in [0, 0.05) is 18.3 Å². The third-order valence-electron chi connectivity index (χ3n) is 3.09. The van der Waals surface area contributed by atoms with Crippen LogP contribution in [0.25, 0.3) is 0 Å². The molecule has 0 bridgehead atoms. The summed E-state index contributed by atoms with van der Waals surface area (Å²) in [7, 11) is 0. The minimum Gasteiger partial charge on any atom is -0.368 e. The number of thiazole rings is 1. The van der Waals surface area contributed by atoms with Gasteiger partial charge in [-0.1, -0.05) is 0 Å². The minimum absolute atomic E-state index is 0.218. The molecule has 2 heterocycles. The van der Waals surface area contributed by atoms with Crippen molar-refractivity contribution in [3.05, 3.63) is 16.6 Å². The van der Waals surface area contributed by atoms with Gasteiger partial charge >= 0.3 is 0 Å². The van der Waals surface area contributed by atoms with Gasteiger partial charge in [-0.15, -0.1) is 11.3 Å². The SMILES string of the molecule is NC(=O)[C@@H]1CCCN1C(=O)C(N)Cc1cscn1. The molecule has 1 unspecified atom stereocenters. The second kappa shape index (κ2) is 5.45. The van der Waals surface area contributed by atoms with E-state index in [1.54, 1.807) is 5.51 Å². The van der Waals surface area contributed by atoms with E-state index in [1.165, 1.54) is 16.2 Å². The molecule has 0 saturated carbocycles. The maximum absolute atomic E-state index is 12.2. The highest BCUT2D eigenvalue weighted by Crippen LogP contribution is 2.18. The molecule has 0 aromatic carbocycles. The molecule has 2 atom stereocenters. The topological polar surface area (TPSA) is 102 Å². The number of likely N-dealkylation sites (tertiary alicyclic amines) is 1. The van der Waals surface area contributed by atoms with Crippen LogP contribution in [0, 0.1) is 0 Å². The van der Waals surface area contributed by atoms with Crippen molar-refractivity contribution < 1.29 is 9.59 Å². The molecule has 1 aromatic rings. The summed E-state index contributed by atoms with van der Waals surface area (Å²) in [5.74, 6) is -0.675. The van der Waals surface area contributed by atoms with Gasteiger partial charge in [0.05, 0.1) is 17.2 Å². The van der Waals surface area contributed by atoms with Crippen LogP contribution in [0.15, 0.2) is 10.9 Å². The third-order valence-corrected chi connectivity index (χ3v) is 3.73. The minimum atomic E-state index is -0.660. The van der Waals surface area contributed by atoms with E-state index in [-0.39, 0.29) is 5.91 Å². The first-order chi connectivity index (χ1) is 8.59. The fourth-order valence-electron chi connectivity index (χ4n) is 2.19. The van der Waals surface area contributed by atoms with Gasteiger partial charge in [0.1, 0.15) is 6.04 Å². The Morgan fingerprint density at radius 2 is 2.39 bits per heavy atom. The van der Waals surface area contributed by atoms with Crippen LogP contribution < -0.4 is 11.5 Å². The lowest BCUT2D eigenvalue weighted by atomic mass is 10.1. The van der Waals surface area contributed by atoms with Crippen LogP contribution in [0.3, 0.4) is 0 Å². The number of nitrogens with zero attached hydrogens (tertiary/aromatic N) is 2. The number of amides is 2. The summed E-state index contributed by atoms with van der Waals surface area (Å²) < 4.78 is 0. The second-order valence-corrected chi connectivity index (χ2v) is 5.10. The number of carbonyl (C=O) groups is 2. The Hall–Kier alpha value is -1.47. The number of aromatic nitrogens is 1. The molecule has 4 N–H and O–H groups in total. The highest BCUT2D eigenvalue weighted by molar-refractivity contribution is 7.07. The van der Waals surface area contributed by atoms with E-state index in [0.717, 1.165) is 12.1 Å². The molecule has 1 saturated heterocycles. The smallest absolute Gasteiger partial charge is 0.240 e. The van der Waals surface area contributed by atoms with Crippen LogP contribution >= 0.6 is 11.3 Å². The zero-order valence-electron chi connectivity index (χ0n) is 9.91. The number of nitrogens with two attached hydrogens (primary N) is 2. The lowest BCUT2D eigenvalue weighted by Gasteiger charge is -2.25. The molecule has 0 radical (unpaired) electrons. The largest absolute Gasteiger partial charge is 0.368 e. The van der Waals surface area contributed by atoms with Crippen LogP contribution in [0.4, 0.5) is 0 Å². The van der Waals surface area contributed by atoms with Crippen molar-refractivity contribution >= 4 is 23.2 Å². The summed E-state index contributed by atoms with van der Waals surface area (Å²) in [6, 6.07) is -1.16. The Kier molecular flexibility index (Phi) is 3.93. The molecular formula is C11H16N4O2S. The molecule has 1 fully saturated rings. The van der Waals surface area contributed by atoms with Gasteiger partial charge in [-0.05, 0) is 12.8 Å². The highest BCUT2D eigenvalue weighted by atomic mass is 32.1. The standard InChI is InChI=1S/C11H16N4O2S/c12-8(4-7-5-18-6-14-7)11(17)15-3-1-2-9(15)10(13)16/h5-6,8-9H,1-4,12H2,(H2,13,16)/t8?,9-/m0/s1. The van der Waals surface area contributed by atoms with Gasteiger partial charge < -0.3 is 16.4 Å². The van der Waals surface area contributed by atoms with Gasteiger partial charge in [-0.2, -0.15) is 0 Å². The second-order valence-electron chi connectivity index (χ2n) is 4.38. The first-order valence-electron chi connectivity index (χ1n) is 5.82. The number of hydrogen-bond donors (Lipinski definition) is 2. The summed E-state index contributed by atoms with van der Waals surface area (Å²) in [5, 5.41) is 1.86. The quantitative estimate of drug-likeness (QED) is 0.767. The molecule has 98 valence electrons. The Labute approximate surface area is 109 Å². The summed E-state index contributed by atoms with van der Waals surface area (Å²) in [6.07, 6.45) is 1.82. The monoisotopic (exact) mass is 268 g/mol. The molecule has 1 aliphatic heterocycles. The lowest BCUT2D eigenvalue weighted by molar-refractivity contribution is -0.138. The average Bonchev–Trinajstić information content (AvgIpc) is 2.97. The molecule has 0 aliphatic carbocycles. The Morgan fingerprint density at radius 1 is 1.61 bits per heavy atom. The van der Waals surface area contributed by atoms with Crippen molar-refractivity contribution in [3.63, 3.8) is 0 Å². The van der Waals surface area contributed by atoms with Crippen molar-refractivity contribution in [1.82, 2.24) is 9.88 Å². The Bertz CT molecular complexity index is 434. The lowest BCUT2D eigenvalue weighted by Crippen LogP contribution is -2.50. The number of rotatable bonds is 4. The van der Waals surface area contributed by atoms with Gasteiger partial charge in [-0.3, -0.25) is 9.59 Å². The van der Waals surface area contributed by atoms with Crippen molar-refractivity contribution in [3.8, 4) is 0 Å². The zero-order valence-corrected chi connectivity index (χ0v) is 10.7. The summed E-state index contributed by atoms with van der Waals surface area (Å²) >= 11 is 1.47. The van der Waals surface area contributed by atoms with Crippen molar-refractivity contribution in [1.29, 1.82) is 0 Å². The predicted octanol–water partition coefficient (Wildman–Crippen LogP) is -0.511. The Morgan fingerprint density at radius 3 is 3.00 bits per heavy atom. The molecule has 2 rings (SSSR count). The summed E-state index contributed by atoms with van der Waals surface area (Å²) in [5.41, 5.74) is 13.7. The molecule has 0 spiro atoms. The van der Waals surface area contributed by atoms with Gasteiger partial charge in [-0.25, -0.2) is 4.98 Å². The molecule has 6 nitrogen and oxygen atoms in total. The zero-order chi connectivity index (χ0) is 13.1. The number of hydrogen-bond acceptors (Lipinski definition) is 5. The molecule has 1 aromatic heterocycles. The summed E-state index contributed by atoms with van der Waals surface area (Å²) in [6.45, 7) is 0.553. The average molecular weight is 268 g/mol. The van der Waals surface area contributed by atoms with Crippen LogP contribution in [0.5, 0.6) is 0 Å². The fourth-order valence-corrected chi connectivity index (χ4v) is 2.76. The van der Waals surface area contributed by atoms with Crippen molar-refractivity contribution in [2.75, 3.05) is 6.54 Å². The highest BCUT2D eigenvalue weighted by Gasteiger charge is 2.34. The molecule has 1 aliphatic rings. The van der Waals surface area contributed by atoms with E-state index in [0.29, 0.717) is 19.4 Å². The van der Waals surface area contributed by atoms with E-state index in [9.17, 15) is 9.59 Å². The third kappa shape index (κ3) is 2.68. The van der Waals surface area contributed by atoms with Gasteiger partial charge in [0.2, 0.25) is 11.8 Å². The van der Waals surface area contributed by atoms with E-state index in [4.69, 9.17) is 11.5 Å². The van der Waals surface area contributed by atoms with Gasteiger partial charge in [0.25, 0.3) is 0 Å². The number of primary amides is 1. The fraction of sp³-hybridized carbons (Fsp3) is 0.545. The van der Waals surface area contributed by atoms with E-state index in [2.05, 4.69) is 4.98 Å².